The molecule has 0 unspecified atom stereocenters. The van der Waals surface area contributed by atoms with E-state index in [1.165, 1.54) is 23.6 Å². The number of thiazole rings is 1. The summed E-state index contributed by atoms with van der Waals surface area (Å²) in [4.78, 5) is 16.4. The normalized spacial score (nSPS) is 12.8. The standard InChI is InChI=1S/C14H14FN5O2S/c1-6(8-3-9(15)5-16-4-8)17-14-19-10(13(21)22)11-12(20-14)18-7(2)23-11/h3-6,13,21-22H,1-2H3,(H,17,19,20)/t6-/m0/s1. The van der Waals surface area contributed by atoms with Crippen LogP contribution in [0, 0.1) is 12.7 Å². The predicted octanol–water partition coefficient (Wildman–Crippen LogP) is 2.09. The number of fused-ring (bicyclic) bond motifs is 1. The van der Waals surface area contributed by atoms with Crippen molar-refractivity contribution >= 4 is 27.6 Å². The monoisotopic (exact) mass is 335 g/mol. The largest absolute Gasteiger partial charge is 0.363 e. The number of aromatic nitrogens is 4. The van der Waals surface area contributed by atoms with Gasteiger partial charge in [0.15, 0.2) is 11.9 Å². The number of anilines is 1. The highest BCUT2D eigenvalue weighted by Crippen LogP contribution is 2.28. The van der Waals surface area contributed by atoms with Crippen molar-refractivity contribution in [3.05, 3.63) is 40.5 Å². The molecule has 0 fully saturated rings. The lowest BCUT2D eigenvalue weighted by atomic mass is 10.1. The number of pyridine rings is 1. The number of aryl methyl sites for hydroxylation is 1. The van der Waals surface area contributed by atoms with Gasteiger partial charge in [-0.25, -0.2) is 14.4 Å². The van der Waals surface area contributed by atoms with E-state index in [4.69, 9.17) is 0 Å². The Balaban J connectivity index is 1.96. The van der Waals surface area contributed by atoms with Crippen LogP contribution in [0.3, 0.4) is 0 Å². The average molecular weight is 335 g/mol. The lowest BCUT2D eigenvalue weighted by Crippen LogP contribution is -2.12. The fourth-order valence-corrected chi connectivity index (χ4v) is 3.00. The number of nitrogens with zero attached hydrogens (tertiary/aromatic N) is 4. The zero-order chi connectivity index (χ0) is 16.6. The molecular weight excluding hydrogens is 321 g/mol. The van der Waals surface area contributed by atoms with Gasteiger partial charge in [-0.1, -0.05) is 0 Å². The van der Waals surface area contributed by atoms with Crippen molar-refractivity contribution in [3.8, 4) is 0 Å². The Bertz CT molecular complexity index is 854. The summed E-state index contributed by atoms with van der Waals surface area (Å²) < 4.78 is 13.8. The third kappa shape index (κ3) is 3.26. The fraction of sp³-hybridized carbons (Fsp3) is 0.286. The predicted molar refractivity (Wildman–Crippen MR) is 83.4 cm³/mol. The van der Waals surface area contributed by atoms with Gasteiger partial charge < -0.3 is 15.5 Å². The van der Waals surface area contributed by atoms with Crippen LogP contribution >= 0.6 is 11.3 Å². The van der Waals surface area contributed by atoms with Crippen LogP contribution in [0.5, 0.6) is 0 Å². The summed E-state index contributed by atoms with van der Waals surface area (Å²) in [5, 5.41) is 22.7. The zero-order valence-corrected chi connectivity index (χ0v) is 13.2. The van der Waals surface area contributed by atoms with Crippen LogP contribution < -0.4 is 5.32 Å². The Hall–Kier alpha value is -2.23. The van der Waals surface area contributed by atoms with Crippen LogP contribution in [0.25, 0.3) is 10.3 Å². The van der Waals surface area contributed by atoms with Gasteiger partial charge in [0.05, 0.1) is 17.2 Å². The molecule has 3 N–H and O–H groups in total. The first-order chi connectivity index (χ1) is 10.9. The first-order valence-electron chi connectivity index (χ1n) is 6.82. The molecule has 120 valence electrons. The van der Waals surface area contributed by atoms with Crippen molar-refractivity contribution in [2.45, 2.75) is 26.2 Å². The summed E-state index contributed by atoms with van der Waals surface area (Å²) in [7, 11) is 0. The molecule has 0 aromatic carbocycles. The highest BCUT2D eigenvalue weighted by Gasteiger charge is 2.18. The van der Waals surface area contributed by atoms with Gasteiger partial charge in [-0.15, -0.1) is 11.3 Å². The van der Waals surface area contributed by atoms with Crippen molar-refractivity contribution in [2.75, 3.05) is 5.32 Å². The molecule has 0 bridgehead atoms. The Labute approximate surface area is 134 Å². The van der Waals surface area contributed by atoms with Crippen molar-refractivity contribution < 1.29 is 14.6 Å². The van der Waals surface area contributed by atoms with Gasteiger partial charge in [-0.2, -0.15) is 4.98 Å². The van der Waals surface area contributed by atoms with Crippen LogP contribution in [0.2, 0.25) is 0 Å². The summed E-state index contributed by atoms with van der Waals surface area (Å²) in [6.45, 7) is 3.60. The van der Waals surface area contributed by atoms with Crippen molar-refractivity contribution in [1.82, 2.24) is 19.9 Å². The molecule has 3 heterocycles. The van der Waals surface area contributed by atoms with Crippen LogP contribution in [0.15, 0.2) is 18.5 Å². The van der Waals surface area contributed by atoms with Crippen molar-refractivity contribution in [2.24, 2.45) is 0 Å². The Kier molecular flexibility index (Phi) is 4.16. The number of aliphatic hydroxyl groups excluding tert-OH is 1. The highest BCUT2D eigenvalue weighted by atomic mass is 32.1. The van der Waals surface area contributed by atoms with E-state index in [9.17, 15) is 14.6 Å². The van der Waals surface area contributed by atoms with E-state index in [-0.39, 0.29) is 17.7 Å². The minimum absolute atomic E-state index is 0.0904. The van der Waals surface area contributed by atoms with Crippen LogP contribution in [-0.2, 0) is 0 Å². The van der Waals surface area contributed by atoms with E-state index in [1.807, 2.05) is 0 Å². The minimum atomic E-state index is -1.73. The number of hydrogen-bond donors (Lipinski definition) is 3. The van der Waals surface area contributed by atoms with Gasteiger partial charge in [0, 0.05) is 6.20 Å². The van der Waals surface area contributed by atoms with Gasteiger partial charge >= 0.3 is 0 Å². The quantitative estimate of drug-likeness (QED) is 0.627. The van der Waals surface area contributed by atoms with Gasteiger partial charge in [-0.05, 0) is 25.5 Å². The van der Waals surface area contributed by atoms with E-state index in [1.54, 1.807) is 13.8 Å². The van der Waals surface area contributed by atoms with Gasteiger partial charge in [0.25, 0.3) is 0 Å². The number of aliphatic hydroxyl groups is 2. The molecule has 0 radical (unpaired) electrons. The Morgan fingerprint density at radius 3 is 2.70 bits per heavy atom. The van der Waals surface area contributed by atoms with Crippen LogP contribution in [-0.4, -0.2) is 30.1 Å². The molecule has 0 amide bonds. The second-order valence-corrected chi connectivity index (χ2v) is 6.20. The van der Waals surface area contributed by atoms with Crippen LogP contribution in [0.1, 0.15) is 35.5 Å². The molecule has 3 rings (SSSR count). The van der Waals surface area contributed by atoms with E-state index >= 15 is 0 Å². The summed E-state index contributed by atoms with van der Waals surface area (Å²) in [6, 6.07) is 1.04. The van der Waals surface area contributed by atoms with Crippen LogP contribution in [0.4, 0.5) is 10.3 Å². The fourth-order valence-electron chi connectivity index (χ4n) is 2.13. The summed E-state index contributed by atoms with van der Waals surface area (Å²) in [5.41, 5.74) is 1.10. The maximum atomic E-state index is 13.3. The lowest BCUT2D eigenvalue weighted by molar-refractivity contribution is -0.0444. The average Bonchev–Trinajstić information content (AvgIpc) is 2.86. The third-order valence-electron chi connectivity index (χ3n) is 3.20. The first-order valence-corrected chi connectivity index (χ1v) is 7.64. The maximum Gasteiger partial charge on any atom is 0.225 e. The summed E-state index contributed by atoms with van der Waals surface area (Å²) in [5.74, 6) is -0.253. The minimum Gasteiger partial charge on any atom is -0.363 e. The molecule has 0 aliphatic rings. The molecule has 0 aliphatic heterocycles. The molecule has 1 atom stereocenters. The molecule has 23 heavy (non-hydrogen) atoms. The summed E-state index contributed by atoms with van der Waals surface area (Å²) in [6.07, 6.45) is 0.928. The molecule has 3 aromatic heterocycles. The molecule has 9 heteroatoms. The third-order valence-corrected chi connectivity index (χ3v) is 4.19. The van der Waals surface area contributed by atoms with Gasteiger partial charge in [0.2, 0.25) is 5.95 Å². The molecule has 0 aliphatic carbocycles. The SMILES string of the molecule is Cc1nc2nc(N[C@@H](C)c3cncc(F)c3)nc(C(O)O)c2s1. The zero-order valence-electron chi connectivity index (χ0n) is 12.4. The topological polar surface area (TPSA) is 104 Å². The second-order valence-electron chi connectivity index (χ2n) is 4.99. The molecule has 0 spiro atoms. The maximum absolute atomic E-state index is 13.3. The van der Waals surface area contributed by atoms with E-state index in [2.05, 4.69) is 25.3 Å². The van der Waals surface area contributed by atoms with Crippen molar-refractivity contribution in [1.29, 1.82) is 0 Å². The van der Waals surface area contributed by atoms with E-state index in [0.717, 1.165) is 11.2 Å². The van der Waals surface area contributed by atoms with Gasteiger partial charge in [0.1, 0.15) is 16.2 Å². The molecule has 0 saturated carbocycles. The second kappa shape index (κ2) is 6.11. The van der Waals surface area contributed by atoms with Gasteiger partial charge in [-0.3, -0.25) is 4.98 Å². The Morgan fingerprint density at radius 1 is 1.22 bits per heavy atom. The Morgan fingerprint density at radius 2 is 2.00 bits per heavy atom. The summed E-state index contributed by atoms with van der Waals surface area (Å²) >= 11 is 1.29. The van der Waals surface area contributed by atoms with Crippen molar-refractivity contribution in [3.63, 3.8) is 0 Å². The molecule has 0 saturated heterocycles. The number of hydrogen-bond acceptors (Lipinski definition) is 8. The number of halogens is 1. The smallest absolute Gasteiger partial charge is 0.225 e. The van der Waals surface area contributed by atoms with E-state index in [0.29, 0.717) is 15.9 Å². The number of rotatable bonds is 4. The number of nitrogens with one attached hydrogen (secondary N) is 1. The lowest BCUT2D eigenvalue weighted by Gasteiger charge is -2.15. The first kappa shape index (κ1) is 15.7. The molecular formula is C14H14FN5O2S. The highest BCUT2D eigenvalue weighted by molar-refractivity contribution is 7.18. The van der Waals surface area contributed by atoms with E-state index < -0.39 is 12.1 Å². The molecule has 3 aromatic rings. The molecule has 7 nitrogen and oxygen atoms in total.